The van der Waals surface area contributed by atoms with E-state index in [9.17, 15) is 9.59 Å². The maximum absolute atomic E-state index is 13.3. The van der Waals surface area contributed by atoms with Crippen molar-refractivity contribution in [1.29, 1.82) is 0 Å². The third-order valence-electron chi connectivity index (χ3n) is 6.53. The third kappa shape index (κ3) is 4.20. The van der Waals surface area contributed by atoms with Crippen molar-refractivity contribution in [3.8, 4) is 5.69 Å². The van der Waals surface area contributed by atoms with Crippen molar-refractivity contribution in [3.05, 3.63) is 57.7 Å². The predicted octanol–water partition coefficient (Wildman–Crippen LogP) is 4.99. The van der Waals surface area contributed by atoms with E-state index >= 15 is 0 Å². The van der Waals surface area contributed by atoms with Gasteiger partial charge in [0.05, 0.1) is 36.5 Å². The molecule has 8 nitrogen and oxygen atoms in total. The Labute approximate surface area is 202 Å². The molecule has 1 saturated carbocycles. The van der Waals surface area contributed by atoms with Gasteiger partial charge in [0.1, 0.15) is 10.8 Å². The summed E-state index contributed by atoms with van der Waals surface area (Å²) < 4.78 is 13.8. The van der Waals surface area contributed by atoms with Crippen LogP contribution in [0.4, 0.5) is 4.79 Å². The summed E-state index contributed by atoms with van der Waals surface area (Å²) in [4.78, 5) is 34.2. The van der Waals surface area contributed by atoms with Crippen LogP contribution in [0.15, 0.2) is 41.5 Å². The molecule has 1 N–H and O–H groups in total. The van der Waals surface area contributed by atoms with Crippen LogP contribution >= 0.6 is 11.6 Å². The SMILES string of the molecule is CC(C)(C)OC(=O)N1C(c2ccc(-n3c(Cl)cc4c(=O)[nH]cnc43)cc2)COC2CCCCC21. The number of hydrogen-bond donors (Lipinski definition) is 1. The highest BCUT2D eigenvalue weighted by Gasteiger charge is 2.44. The molecule has 180 valence electrons. The van der Waals surface area contributed by atoms with Gasteiger partial charge in [0.25, 0.3) is 5.56 Å². The van der Waals surface area contributed by atoms with Gasteiger partial charge < -0.3 is 14.5 Å². The summed E-state index contributed by atoms with van der Waals surface area (Å²) in [6, 6.07) is 9.15. The minimum Gasteiger partial charge on any atom is -0.444 e. The van der Waals surface area contributed by atoms with E-state index in [0.717, 1.165) is 36.9 Å². The number of carbonyl (C=O) groups excluding carboxylic acids is 1. The fraction of sp³-hybridized carbons (Fsp3) is 0.480. The maximum Gasteiger partial charge on any atom is 0.411 e. The first kappa shape index (κ1) is 22.9. The van der Waals surface area contributed by atoms with Crippen LogP contribution in [-0.4, -0.2) is 49.9 Å². The van der Waals surface area contributed by atoms with Crippen LogP contribution in [0.1, 0.15) is 58.1 Å². The van der Waals surface area contributed by atoms with E-state index < -0.39 is 5.60 Å². The van der Waals surface area contributed by atoms with Crippen LogP contribution in [0.25, 0.3) is 16.7 Å². The number of morpholine rings is 1. The topological polar surface area (TPSA) is 89.5 Å². The van der Waals surface area contributed by atoms with Crippen LogP contribution in [0.2, 0.25) is 5.15 Å². The summed E-state index contributed by atoms with van der Waals surface area (Å²) in [6.45, 7) is 6.08. The van der Waals surface area contributed by atoms with Crippen LogP contribution in [-0.2, 0) is 9.47 Å². The Balaban J connectivity index is 1.49. The number of amides is 1. The van der Waals surface area contributed by atoms with Gasteiger partial charge in [-0.1, -0.05) is 36.6 Å². The molecular weight excluding hydrogens is 456 g/mol. The molecule has 1 aliphatic heterocycles. The summed E-state index contributed by atoms with van der Waals surface area (Å²) in [7, 11) is 0. The fourth-order valence-corrected chi connectivity index (χ4v) is 5.32. The number of hydrogen-bond acceptors (Lipinski definition) is 5. The lowest BCUT2D eigenvalue weighted by atomic mass is 9.88. The van der Waals surface area contributed by atoms with Gasteiger partial charge >= 0.3 is 6.09 Å². The lowest BCUT2D eigenvalue weighted by Crippen LogP contribution is -2.57. The van der Waals surface area contributed by atoms with E-state index in [-0.39, 0.29) is 29.8 Å². The van der Waals surface area contributed by atoms with Gasteiger partial charge in [-0.2, -0.15) is 0 Å². The number of rotatable bonds is 2. The first-order valence-electron chi connectivity index (χ1n) is 11.7. The molecule has 1 aliphatic carbocycles. The second-order valence-corrected chi connectivity index (χ2v) is 10.4. The average molecular weight is 485 g/mol. The summed E-state index contributed by atoms with van der Waals surface area (Å²) >= 11 is 6.45. The van der Waals surface area contributed by atoms with Crippen LogP contribution < -0.4 is 5.56 Å². The Morgan fingerprint density at radius 3 is 2.68 bits per heavy atom. The van der Waals surface area contributed by atoms with E-state index in [1.54, 1.807) is 10.6 Å². The molecule has 1 saturated heterocycles. The predicted molar refractivity (Wildman–Crippen MR) is 130 cm³/mol. The fourth-order valence-electron chi connectivity index (χ4n) is 5.04. The number of benzene rings is 1. The molecule has 9 heteroatoms. The number of nitrogens with zero attached hydrogens (tertiary/aromatic N) is 3. The largest absolute Gasteiger partial charge is 0.444 e. The number of fused-ring (bicyclic) bond motifs is 2. The number of ether oxygens (including phenoxy) is 2. The molecular formula is C25H29ClN4O4. The number of carbonyl (C=O) groups is 1. The molecule has 2 fully saturated rings. The smallest absolute Gasteiger partial charge is 0.411 e. The first-order chi connectivity index (χ1) is 16.2. The van der Waals surface area contributed by atoms with Crippen LogP contribution in [0.5, 0.6) is 0 Å². The van der Waals surface area contributed by atoms with Crippen molar-refractivity contribution < 1.29 is 14.3 Å². The van der Waals surface area contributed by atoms with Crippen molar-refractivity contribution in [2.75, 3.05) is 6.61 Å². The molecule has 2 aromatic heterocycles. The number of H-pyrrole nitrogens is 1. The number of aromatic amines is 1. The second-order valence-electron chi connectivity index (χ2n) is 9.99. The van der Waals surface area contributed by atoms with Crippen molar-refractivity contribution in [1.82, 2.24) is 19.4 Å². The van der Waals surface area contributed by atoms with Crippen molar-refractivity contribution in [2.45, 2.75) is 70.2 Å². The normalized spacial score (nSPS) is 23.1. The molecule has 3 atom stereocenters. The molecule has 1 amide bonds. The van der Waals surface area contributed by atoms with Gasteiger partial charge in [0.15, 0.2) is 5.65 Å². The maximum atomic E-state index is 13.3. The molecule has 3 heterocycles. The van der Waals surface area contributed by atoms with E-state index in [0.29, 0.717) is 22.8 Å². The number of aromatic nitrogens is 3. The van der Waals surface area contributed by atoms with Gasteiger partial charge in [-0.15, -0.1) is 0 Å². The van der Waals surface area contributed by atoms with Gasteiger partial charge in [0.2, 0.25) is 0 Å². The zero-order valence-electron chi connectivity index (χ0n) is 19.6. The highest BCUT2D eigenvalue weighted by molar-refractivity contribution is 6.31. The highest BCUT2D eigenvalue weighted by Crippen LogP contribution is 2.38. The zero-order chi connectivity index (χ0) is 24.0. The molecule has 0 radical (unpaired) electrons. The molecule has 3 unspecified atom stereocenters. The van der Waals surface area contributed by atoms with E-state index in [2.05, 4.69) is 9.97 Å². The summed E-state index contributed by atoms with van der Waals surface area (Å²) in [5, 5.41) is 0.824. The summed E-state index contributed by atoms with van der Waals surface area (Å²) in [6.07, 6.45) is 5.16. The van der Waals surface area contributed by atoms with Gasteiger partial charge in [-0.25, -0.2) is 9.78 Å². The van der Waals surface area contributed by atoms with Gasteiger partial charge in [0, 0.05) is 5.69 Å². The molecule has 34 heavy (non-hydrogen) atoms. The Kier molecular flexibility index (Phi) is 5.90. The number of nitrogens with one attached hydrogen (secondary N) is 1. The minimum absolute atomic E-state index is 0.000730. The Morgan fingerprint density at radius 2 is 1.94 bits per heavy atom. The Bertz CT molecular complexity index is 1260. The van der Waals surface area contributed by atoms with Crippen molar-refractivity contribution >= 4 is 28.7 Å². The molecule has 0 bridgehead atoms. The lowest BCUT2D eigenvalue weighted by Gasteiger charge is -2.48. The van der Waals surface area contributed by atoms with E-state index in [1.807, 2.05) is 49.9 Å². The molecule has 3 aromatic rings. The van der Waals surface area contributed by atoms with E-state index in [4.69, 9.17) is 21.1 Å². The monoisotopic (exact) mass is 484 g/mol. The first-order valence-corrected chi connectivity index (χ1v) is 12.1. The minimum atomic E-state index is -0.578. The third-order valence-corrected chi connectivity index (χ3v) is 6.80. The highest BCUT2D eigenvalue weighted by atomic mass is 35.5. The average Bonchev–Trinajstić information content (AvgIpc) is 3.14. The lowest BCUT2D eigenvalue weighted by molar-refractivity contribution is -0.118. The van der Waals surface area contributed by atoms with Crippen LogP contribution in [0, 0.1) is 0 Å². The molecule has 0 spiro atoms. The summed E-state index contributed by atoms with van der Waals surface area (Å²) in [5.74, 6) is 0. The van der Waals surface area contributed by atoms with Crippen LogP contribution in [0.3, 0.4) is 0 Å². The zero-order valence-corrected chi connectivity index (χ0v) is 20.3. The molecule has 5 rings (SSSR count). The molecule has 1 aromatic carbocycles. The van der Waals surface area contributed by atoms with E-state index in [1.165, 1.54) is 6.33 Å². The second kappa shape index (κ2) is 8.74. The van der Waals surface area contributed by atoms with Gasteiger partial charge in [-0.05, 0) is 57.4 Å². The summed E-state index contributed by atoms with van der Waals surface area (Å²) in [5.41, 5.74) is 1.40. The standard InChI is InChI=1S/C25H29ClN4O4/c1-25(2,3)34-24(32)30-18-6-4-5-7-20(18)33-13-19(30)15-8-10-16(11-9-15)29-21(26)12-17-22(29)27-14-28-23(17)31/h8-12,14,18-20H,4-7,13H2,1-3H3,(H,27,28,31). The Morgan fingerprint density at radius 1 is 1.21 bits per heavy atom. The quantitative estimate of drug-likeness (QED) is 0.553. The van der Waals surface area contributed by atoms with Gasteiger partial charge in [-0.3, -0.25) is 14.3 Å². The molecule has 2 aliphatic rings. The number of halogens is 1. The van der Waals surface area contributed by atoms with Crippen molar-refractivity contribution in [2.24, 2.45) is 0 Å². The van der Waals surface area contributed by atoms with Crippen molar-refractivity contribution in [3.63, 3.8) is 0 Å². The Hall–Kier alpha value is -2.84.